The lowest BCUT2D eigenvalue weighted by molar-refractivity contribution is -0.133. The minimum Gasteiger partial charge on any atom is -0.492 e. The number of carbonyl (C=O) groups is 1. The summed E-state index contributed by atoms with van der Waals surface area (Å²) in [5.74, 6) is 0.306. The average molecular weight is 450 g/mol. The number of para-hydroxylation sites is 1. The summed E-state index contributed by atoms with van der Waals surface area (Å²) in [6.45, 7) is 4.37. The number of hydrogen-bond donors (Lipinski definition) is 0. The second-order valence-corrected chi connectivity index (χ2v) is 9.53. The van der Waals surface area contributed by atoms with E-state index < -0.39 is 15.8 Å². The highest BCUT2D eigenvalue weighted by Crippen LogP contribution is 2.18. The minimum absolute atomic E-state index is 0.0442. The monoisotopic (exact) mass is 449 g/mol. The molecule has 0 aliphatic carbocycles. The van der Waals surface area contributed by atoms with E-state index in [1.165, 1.54) is 16.4 Å². The number of sulfonamides is 1. The van der Waals surface area contributed by atoms with E-state index >= 15 is 0 Å². The molecule has 0 spiro atoms. The molecule has 9 heteroatoms. The zero-order valence-electron chi connectivity index (χ0n) is 17.8. The third kappa shape index (κ3) is 6.03. The molecular formula is C22H28FN3O4S. The predicted octanol–water partition coefficient (Wildman–Crippen LogP) is 1.98. The van der Waals surface area contributed by atoms with Gasteiger partial charge in [-0.2, -0.15) is 4.31 Å². The average Bonchev–Trinajstić information content (AvgIpc) is 2.75. The van der Waals surface area contributed by atoms with Gasteiger partial charge in [-0.15, -0.1) is 0 Å². The molecule has 168 valence electrons. The third-order valence-corrected chi connectivity index (χ3v) is 7.18. The van der Waals surface area contributed by atoms with Crippen molar-refractivity contribution in [3.05, 3.63) is 59.9 Å². The topological polar surface area (TPSA) is 70.2 Å². The molecule has 1 amide bonds. The lowest BCUT2D eigenvalue weighted by Crippen LogP contribution is -2.52. The van der Waals surface area contributed by atoms with Crippen LogP contribution in [0, 0.1) is 12.7 Å². The number of hydrogen-bond acceptors (Lipinski definition) is 5. The number of rotatable bonds is 8. The van der Waals surface area contributed by atoms with E-state index in [1.54, 1.807) is 4.90 Å². The molecule has 3 rings (SSSR count). The highest BCUT2D eigenvalue weighted by atomic mass is 32.2. The molecule has 0 unspecified atom stereocenters. The Hall–Kier alpha value is -2.49. The fraction of sp³-hybridized carbons (Fsp3) is 0.409. The number of carbonyl (C=O) groups excluding carboxylic acids is 1. The molecule has 31 heavy (non-hydrogen) atoms. The number of piperazine rings is 1. The van der Waals surface area contributed by atoms with Crippen molar-refractivity contribution in [3.8, 4) is 5.75 Å². The van der Waals surface area contributed by atoms with Gasteiger partial charge in [0.25, 0.3) is 0 Å². The number of aryl methyl sites for hydroxylation is 1. The Bertz CT molecular complexity index is 990. The lowest BCUT2D eigenvalue weighted by Gasteiger charge is -2.34. The van der Waals surface area contributed by atoms with Crippen LogP contribution in [0.5, 0.6) is 5.75 Å². The van der Waals surface area contributed by atoms with Gasteiger partial charge in [0.2, 0.25) is 15.9 Å². The largest absolute Gasteiger partial charge is 0.492 e. The molecule has 0 bridgehead atoms. The Labute approximate surface area is 183 Å². The SMILES string of the molecule is Cc1ccccc1OCCN(C)CC(=O)N1CCN(S(=O)(=O)c2ccc(F)cc2)CC1. The quantitative estimate of drug-likeness (QED) is 0.616. The Morgan fingerprint density at radius 2 is 1.71 bits per heavy atom. The molecular weight excluding hydrogens is 421 g/mol. The van der Waals surface area contributed by atoms with Crippen molar-refractivity contribution in [3.63, 3.8) is 0 Å². The molecule has 0 N–H and O–H groups in total. The number of likely N-dealkylation sites (N-methyl/N-ethyl adjacent to an activating group) is 1. The van der Waals surface area contributed by atoms with E-state index in [0.717, 1.165) is 23.4 Å². The lowest BCUT2D eigenvalue weighted by atomic mass is 10.2. The Morgan fingerprint density at radius 1 is 1.06 bits per heavy atom. The van der Waals surface area contributed by atoms with Gasteiger partial charge < -0.3 is 9.64 Å². The molecule has 0 aromatic heterocycles. The summed E-state index contributed by atoms with van der Waals surface area (Å²) in [4.78, 5) is 16.2. The minimum atomic E-state index is -3.69. The molecule has 1 fully saturated rings. The molecule has 2 aromatic rings. The van der Waals surface area contributed by atoms with E-state index in [2.05, 4.69) is 0 Å². The van der Waals surface area contributed by atoms with Gasteiger partial charge >= 0.3 is 0 Å². The molecule has 1 heterocycles. The fourth-order valence-electron chi connectivity index (χ4n) is 3.37. The van der Waals surface area contributed by atoms with E-state index in [1.807, 2.05) is 43.1 Å². The molecule has 1 aliphatic rings. The van der Waals surface area contributed by atoms with Crippen LogP contribution in [-0.2, 0) is 14.8 Å². The van der Waals surface area contributed by atoms with Crippen LogP contribution in [-0.4, -0.2) is 81.4 Å². The Morgan fingerprint density at radius 3 is 2.35 bits per heavy atom. The first-order valence-electron chi connectivity index (χ1n) is 10.2. The zero-order chi connectivity index (χ0) is 22.4. The van der Waals surface area contributed by atoms with Gasteiger partial charge in [0.05, 0.1) is 11.4 Å². The van der Waals surface area contributed by atoms with Crippen molar-refractivity contribution >= 4 is 15.9 Å². The van der Waals surface area contributed by atoms with Crippen molar-refractivity contribution in [2.75, 3.05) is 52.9 Å². The van der Waals surface area contributed by atoms with Crippen LogP contribution >= 0.6 is 0 Å². The first kappa shape index (κ1) is 23.2. The number of nitrogens with zero attached hydrogens (tertiary/aromatic N) is 3. The second kappa shape index (κ2) is 10.2. The summed E-state index contributed by atoms with van der Waals surface area (Å²) < 4.78 is 45.6. The zero-order valence-corrected chi connectivity index (χ0v) is 18.6. The standard InChI is InChI=1S/C22H28FN3O4S/c1-18-5-3-4-6-21(18)30-16-15-24(2)17-22(27)25-11-13-26(14-12-25)31(28,29)20-9-7-19(23)8-10-20/h3-10H,11-17H2,1-2H3. The summed E-state index contributed by atoms with van der Waals surface area (Å²) in [7, 11) is -1.84. The van der Waals surface area contributed by atoms with Crippen molar-refractivity contribution < 1.29 is 22.3 Å². The Balaban J connectivity index is 1.44. The number of halogens is 1. The summed E-state index contributed by atoms with van der Waals surface area (Å²) in [6, 6.07) is 12.6. The Kier molecular flexibility index (Phi) is 7.64. The van der Waals surface area contributed by atoms with E-state index in [4.69, 9.17) is 4.74 Å². The number of benzene rings is 2. The van der Waals surface area contributed by atoms with Crippen LogP contribution in [0.15, 0.2) is 53.4 Å². The van der Waals surface area contributed by atoms with Crippen molar-refractivity contribution in [1.29, 1.82) is 0 Å². The van der Waals surface area contributed by atoms with Crippen molar-refractivity contribution in [1.82, 2.24) is 14.1 Å². The summed E-state index contributed by atoms with van der Waals surface area (Å²) in [5, 5.41) is 0. The van der Waals surface area contributed by atoms with E-state index in [9.17, 15) is 17.6 Å². The van der Waals surface area contributed by atoms with Crippen LogP contribution in [0.2, 0.25) is 0 Å². The van der Waals surface area contributed by atoms with E-state index in [-0.39, 0.29) is 30.4 Å². The van der Waals surface area contributed by atoms with Crippen molar-refractivity contribution in [2.45, 2.75) is 11.8 Å². The summed E-state index contributed by atoms with van der Waals surface area (Å²) in [5.41, 5.74) is 1.06. The van der Waals surface area contributed by atoms with Gasteiger partial charge in [-0.25, -0.2) is 12.8 Å². The smallest absolute Gasteiger partial charge is 0.243 e. The maximum Gasteiger partial charge on any atom is 0.243 e. The fourth-order valence-corrected chi connectivity index (χ4v) is 4.80. The van der Waals surface area contributed by atoms with Gasteiger partial charge in [-0.3, -0.25) is 9.69 Å². The molecule has 0 atom stereocenters. The highest BCUT2D eigenvalue weighted by molar-refractivity contribution is 7.89. The van der Waals surface area contributed by atoms with Crippen LogP contribution in [0.25, 0.3) is 0 Å². The second-order valence-electron chi connectivity index (χ2n) is 7.59. The molecule has 0 saturated carbocycles. The summed E-state index contributed by atoms with van der Waals surface area (Å²) in [6.07, 6.45) is 0. The van der Waals surface area contributed by atoms with Gasteiger partial charge in [-0.1, -0.05) is 18.2 Å². The molecule has 0 radical (unpaired) electrons. The van der Waals surface area contributed by atoms with Crippen LogP contribution < -0.4 is 4.74 Å². The third-order valence-electron chi connectivity index (χ3n) is 5.27. The number of amides is 1. The molecule has 1 saturated heterocycles. The first-order chi connectivity index (χ1) is 14.8. The van der Waals surface area contributed by atoms with Crippen molar-refractivity contribution in [2.24, 2.45) is 0 Å². The normalized spacial score (nSPS) is 15.3. The number of ether oxygens (including phenoxy) is 1. The predicted molar refractivity (Wildman–Crippen MR) is 116 cm³/mol. The molecule has 7 nitrogen and oxygen atoms in total. The van der Waals surface area contributed by atoms with Gasteiger partial charge in [0.15, 0.2) is 0 Å². The maximum absolute atomic E-state index is 13.1. The van der Waals surface area contributed by atoms with Gasteiger partial charge in [0.1, 0.15) is 18.2 Å². The maximum atomic E-state index is 13.1. The first-order valence-corrected chi connectivity index (χ1v) is 11.6. The highest BCUT2D eigenvalue weighted by Gasteiger charge is 2.30. The van der Waals surface area contributed by atoms with E-state index in [0.29, 0.717) is 26.2 Å². The van der Waals surface area contributed by atoms with Crippen LogP contribution in [0.4, 0.5) is 4.39 Å². The van der Waals surface area contributed by atoms with Gasteiger partial charge in [0, 0.05) is 32.7 Å². The molecule has 2 aromatic carbocycles. The van der Waals surface area contributed by atoms with Crippen LogP contribution in [0.1, 0.15) is 5.56 Å². The molecule has 1 aliphatic heterocycles. The summed E-state index contributed by atoms with van der Waals surface area (Å²) >= 11 is 0. The van der Waals surface area contributed by atoms with Gasteiger partial charge in [-0.05, 0) is 49.9 Å². The van der Waals surface area contributed by atoms with Crippen LogP contribution in [0.3, 0.4) is 0 Å².